The van der Waals surface area contributed by atoms with E-state index in [1.54, 1.807) is 13.8 Å². The lowest BCUT2D eigenvalue weighted by molar-refractivity contribution is -0.385. The number of nitro groups is 1. The molecule has 0 aliphatic rings. The molecule has 0 unspecified atom stereocenters. The van der Waals surface area contributed by atoms with Gasteiger partial charge in [-0.25, -0.2) is 8.42 Å². The number of nitrogens with one attached hydrogen (secondary N) is 1. The Hall–Kier alpha value is -2.00. The van der Waals surface area contributed by atoms with Gasteiger partial charge in [-0.15, -0.1) is 0 Å². The minimum Gasteiger partial charge on any atom is -0.480 e. The summed E-state index contributed by atoms with van der Waals surface area (Å²) in [5.41, 5.74) is -0.381. The normalized spacial score (nSPS) is 13.1. The fourth-order valence-corrected chi connectivity index (χ4v) is 2.93. The van der Waals surface area contributed by atoms with Gasteiger partial charge in [0.05, 0.1) is 9.82 Å². The first-order chi connectivity index (χ1) is 9.63. The highest BCUT2D eigenvalue weighted by molar-refractivity contribution is 7.89. The summed E-state index contributed by atoms with van der Waals surface area (Å²) in [6.45, 7) is 3.52. The zero-order chi connectivity index (χ0) is 16.2. The molecule has 0 amide bonds. The van der Waals surface area contributed by atoms with Crippen molar-refractivity contribution in [2.45, 2.75) is 31.2 Å². The summed E-state index contributed by atoms with van der Waals surface area (Å²) in [6, 6.07) is 3.15. The molecule has 0 radical (unpaired) electrons. The van der Waals surface area contributed by atoms with Gasteiger partial charge in [-0.05, 0) is 18.4 Å². The third-order valence-electron chi connectivity index (χ3n) is 2.64. The fraction of sp³-hybridized carbons (Fsp3) is 0.417. The molecule has 0 aliphatic heterocycles. The summed E-state index contributed by atoms with van der Waals surface area (Å²) in [7, 11) is -4.14. The van der Waals surface area contributed by atoms with Crippen molar-refractivity contribution in [2.24, 2.45) is 5.92 Å². The Morgan fingerprint density at radius 2 is 2.05 bits per heavy atom. The highest BCUT2D eigenvalue weighted by Gasteiger charge is 2.27. The summed E-state index contributed by atoms with van der Waals surface area (Å²) in [6.07, 6.45) is 0.115. The van der Waals surface area contributed by atoms with Gasteiger partial charge >= 0.3 is 5.97 Å². The van der Waals surface area contributed by atoms with Gasteiger partial charge in [-0.1, -0.05) is 19.9 Å². The van der Waals surface area contributed by atoms with Crippen molar-refractivity contribution >= 4 is 21.7 Å². The predicted molar refractivity (Wildman–Crippen MR) is 74.3 cm³/mol. The van der Waals surface area contributed by atoms with E-state index in [4.69, 9.17) is 5.11 Å². The number of nitrogens with zero attached hydrogens (tertiary/aromatic N) is 1. The number of hydrogen-bond acceptors (Lipinski definition) is 5. The topological polar surface area (TPSA) is 127 Å². The minimum atomic E-state index is -4.14. The van der Waals surface area contributed by atoms with Crippen molar-refractivity contribution < 1.29 is 23.2 Å². The smallest absolute Gasteiger partial charge is 0.321 e. The Morgan fingerprint density at radius 1 is 1.43 bits per heavy atom. The van der Waals surface area contributed by atoms with E-state index in [0.717, 1.165) is 12.1 Å². The Labute approximate surface area is 122 Å². The third kappa shape index (κ3) is 4.80. The van der Waals surface area contributed by atoms with Crippen molar-refractivity contribution in [3.05, 3.63) is 34.4 Å². The zero-order valence-electron chi connectivity index (χ0n) is 11.5. The molecule has 9 heteroatoms. The Bertz CT molecular complexity index is 641. The van der Waals surface area contributed by atoms with E-state index in [0.29, 0.717) is 0 Å². The number of hydrogen-bond donors (Lipinski definition) is 2. The number of non-ortho nitro benzene ring substituents is 1. The average Bonchev–Trinajstić information content (AvgIpc) is 2.37. The molecule has 116 valence electrons. The van der Waals surface area contributed by atoms with Crippen LogP contribution in [0.2, 0.25) is 0 Å². The second-order valence-corrected chi connectivity index (χ2v) is 6.61. The van der Waals surface area contributed by atoms with Crippen LogP contribution in [0.25, 0.3) is 0 Å². The van der Waals surface area contributed by atoms with Gasteiger partial charge in [0.15, 0.2) is 0 Å². The first-order valence-corrected chi connectivity index (χ1v) is 7.61. The second-order valence-electron chi connectivity index (χ2n) is 4.90. The molecule has 0 heterocycles. The number of carbonyl (C=O) groups is 1. The number of carboxylic acid groups (broad SMARTS) is 1. The van der Waals surface area contributed by atoms with Crippen molar-refractivity contribution in [2.75, 3.05) is 0 Å². The Morgan fingerprint density at radius 3 is 2.52 bits per heavy atom. The quantitative estimate of drug-likeness (QED) is 0.578. The number of rotatable bonds is 7. The standard InChI is InChI=1S/C12H16N2O6S/c1-8(2)6-11(12(15)16)13-21(19,20)10-5-3-4-9(7-10)14(17)18/h3-5,7-8,11,13H,6H2,1-2H3,(H,15,16)/t11-/m1/s1. The van der Waals surface area contributed by atoms with E-state index in [1.165, 1.54) is 12.1 Å². The van der Waals surface area contributed by atoms with Crippen LogP contribution in [-0.2, 0) is 14.8 Å². The van der Waals surface area contributed by atoms with Gasteiger partial charge in [0.25, 0.3) is 5.69 Å². The molecular weight excluding hydrogens is 300 g/mol. The van der Waals surface area contributed by atoms with Crippen LogP contribution in [0, 0.1) is 16.0 Å². The average molecular weight is 316 g/mol. The van der Waals surface area contributed by atoms with E-state index in [-0.39, 0.29) is 22.9 Å². The maximum absolute atomic E-state index is 12.1. The Kier molecular flexibility index (Phi) is 5.39. The molecule has 1 rings (SSSR count). The number of benzene rings is 1. The van der Waals surface area contributed by atoms with Gasteiger partial charge in [0, 0.05) is 12.1 Å². The monoisotopic (exact) mass is 316 g/mol. The molecule has 0 aliphatic carbocycles. The molecule has 8 nitrogen and oxygen atoms in total. The lowest BCUT2D eigenvalue weighted by atomic mass is 10.1. The summed E-state index contributed by atoms with van der Waals surface area (Å²) < 4.78 is 26.3. The van der Waals surface area contributed by atoms with Crippen LogP contribution < -0.4 is 4.72 Å². The fourth-order valence-electron chi connectivity index (χ4n) is 1.69. The van der Waals surface area contributed by atoms with Crippen LogP contribution in [0.15, 0.2) is 29.2 Å². The SMILES string of the molecule is CC(C)C[C@@H](NS(=O)(=O)c1cccc([N+](=O)[O-])c1)C(=O)O. The van der Waals surface area contributed by atoms with Gasteiger partial charge in [0.1, 0.15) is 6.04 Å². The Balaban J connectivity index is 3.07. The van der Waals surface area contributed by atoms with Gasteiger partial charge < -0.3 is 5.11 Å². The summed E-state index contributed by atoms with van der Waals surface area (Å²) in [4.78, 5) is 20.7. The van der Waals surface area contributed by atoms with E-state index >= 15 is 0 Å². The largest absolute Gasteiger partial charge is 0.480 e. The summed E-state index contributed by atoms with van der Waals surface area (Å²) in [5.74, 6) is -1.32. The van der Waals surface area contributed by atoms with E-state index in [1.807, 2.05) is 0 Å². The maximum Gasteiger partial charge on any atom is 0.321 e. The molecule has 0 fully saturated rings. The highest BCUT2D eigenvalue weighted by Crippen LogP contribution is 2.18. The summed E-state index contributed by atoms with van der Waals surface area (Å²) >= 11 is 0. The lowest BCUT2D eigenvalue weighted by Crippen LogP contribution is -2.41. The van der Waals surface area contributed by atoms with Crippen molar-refractivity contribution in [3.63, 3.8) is 0 Å². The molecule has 0 bridgehead atoms. The molecule has 1 atom stereocenters. The molecular formula is C12H16N2O6S. The number of nitro benzene ring substituents is 1. The first-order valence-electron chi connectivity index (χ1n) is 6.13. The van der Waals surface area contributed by atoms with E-state index < -0.39 is 27.0 Å². The molecule has 0 aromatic heterocycles. The van der Waals surface area contributed by atoms with Gasteiger partial charge in [0.2, 0.25) is 10.0 Å². The number of carboxylic acids is 1. The van der Waals surface area contributed by atoms with Gasteiger partial charge in [-0.3, -0.25) is 14.9 Å². The van der Waals surface area contributed by atoms with Crippen LogP contribution >= 0.6 is 0 Å². The maximum atomic E-state index is 12.1. The van der Waals surface area contributed by atoms with Crippen LogP contribution in [0.1, 0.15) is 20.3 Å². The zero-order valence-corrected chi connectivity index (χ0v) is 12.3. The molecule has 1 aromatic rings. The van der Waals surface area contributed by atoms with Crippen LogP contribution in [0.5, 0.6) is 0 Å². The molecule has 1 aromatic carbocycles. The number of aliphatic carboxylic acids is 1. The van der Waals surface area contributed by atoms with E-state index in [9.17, 15) is 23.3 Å². The second kappa shape index (κ2) is 6.64. The molecule has 2 N–H and O–H groups in total. The minimum absolute atomic E-state index is 0.0288. The molecule has 0 spiro atoms. The highest BCUT2D eigenvalue weighted by atomic mass is 32.2. The lowest BCUT2D eigenvalue weighted by Gasteiger charge is -2.16. The van der Waals surface area contributed by atoms with Crippen molar-refractivity contribution in [1.29, 1.82) is 0 Å². The summed E-state index contributed by atoms with van der Waals surface area (Å²) in [5, 5.41) is 19.7. The van der Waals surface area contributed by atoms with Gasteiger partial charge in [-0.2, -0.15) is 4.72 Å². The number of sulfonamides is 1. The van der Waals surface area contributed by atoms with E-state index in [2.05, 4.69) is 4.72 Å². The van der Waals surface area contributed by atoms with Crippen molar-refractivity contribution in [3.8, 4) is 0 Å². The molecule has 0 saturated heterocycles. The van der Waals surface area contributed by atoms with Crippen molar-refractivity contribution in [1.82, 2.24) is 4.72 Å². The van der Waals surface area contributed by atoms with Crippen LogP contribution in [0.3, 0.4) is 0 Å². The molecule has 0 saturated carbocycles. The van der Waals surface area contributed by atoms with Crippen LogP contribution in [0.4, 0.5) is 5.69 Å². The molecule has 21 heavy (non-hydrogen) atoms. The third-order valence-corrected chi connectivity index (χ3v) is 4.11. The first kappa shape index (κ1) is 17.1. The van der Waals surface area contributed by atoms with Crippen LogP contribution in [-0.4, -0.2) is 30.5 Å². The predicted octanol–water partition coefficient (Wildman–Crippen LogP) is 1.37.